The molecular formula is C20H21FN2O4. The van der Waals surface area contributed by atoms with E-state index in [1.54, 1.807) is 18.3 Å². The van der Waals surface area contributed by atoms with Crippen molar-refractivity contribution in [3.05, 3.63) is 59.5 Å². The van der Waals surface area contributed by atoms with E-state index < -0.39 is 23.2 Å². The second-order valence-corrected chi connectivity index (χ2v) is 6.72. The van der Waals surface area contributed by atoms with Crippen LogP contribution < -0.4 is 10.1 Å². The molecule has 142 valence electrons. The summed E-state index contributed by atoms with van der Waals surface area (Å²) in [6.07, 6.45) is 3.84. The smallest absolute Gasteiger partial charge is 0.326 e. The average molecular weight is 372 g/mol. The van der Waals surface area contributed by atoms with Gasteiger partial charge in [-0.05, 0) is 36.1 Å². The third kappa shape index (κ3) is 3.92. The van der Waals surface area contributed by atoms with Gasteiger partial charge in [0.2, 0.25) is 11.8 Å². The van der Waals surface area contributed by atoms with Crippen molar-refractivity contribution < 1.29 is 23.8 Å². The van der Waals surface area contributed by atoms with Crippen molar-refractivity contribution in [2.45, 2.75) is 37.1 Å². The zero-order chi connectivity index (χ0) is 19.4. The molecule has 1 amide bonds. The van der Waals surface area contributed by atoms with Crippen LogP contribution in [0.5, 0.6) is 5.88 Å². The molecule has 0 spiro atoms. The molecule has 1 aliphatic carbocycles. The van der Waals surface area contributed by atoms with Crippen molar-refractivity contribution in [1.29, 1.82) is 0 Å². The van der Waals surface area contributed by atoms with Crippen LogP contribution in [0.3, 0.4) is 0 Å². The van der Waals surface area contributed by atoms with Crippen LogP contribution in [0.4, 0.5) is 4.39 Å². The summed E-state index contributed by atoms with van der Waals surface area (Å²) in [7, 11) is 1.51. The summed E-state index contributed by atoms with van der Waals surface area (Å²) in [4.78, 5) is 28.8. The van der Waals surface area contributed by atoms with Crippen molar-refractivity contribution >= 4 is 11.9 Å². The number of carboxylic acid groups (broad SMARTS) is 1. The average Bonchev–Trinajstić information content (AvgIpc) is 2.62. The fourth-order valence-electron chi connectivity index (χ4n) is 3.31. The highest BCUT2D eigenvalue weighted by atomic mass is 19.1. The summed E-state index contributed by atoms with van der Waals surface area (Å²) in [6, 6.07) is 7.97. The van der Waals surface area contributed by atoms with Crippen molar-refractivity contribution in [3.63, 3.8) is 0 Å². The maximum Gasteiger partial charge on any atom is 0.326 e. The molecule has 2 aromatic rings. The molecule has 0 aliphatic heterocycles. The van der Waals surface area contributed by atoms with E-state index in [-0.39, 0.29) is 12.3 Å². The van der Waals surface area contributed by atoms with E-state index in [0.717, 1.165) is 12.0 Å². The second kappa shape index (κ2) is 7.73. The SMILES string of the molecule is COc1ccc(C2(C(=O)NC(Cc3ccc(F)cc3)C(=O)O)CCC2)cn1. The molecule has 1 aliphatic rings. The summed E-state index contributed by atoms with van der Waals surface area (Å²) >= 11 is 0. The van der Waals surface area contributed by atoms with Gasteiger partial charge >= 0.3 is 5.97 Å². The van der Waals surface area contributed by atoms with Gasteiger partial charge in [0.05, 0.1) is 12.5 Å². The molecule has 1 saturated carbocycles. The summed E-state index contributed by atoms with van der Waals surface area (Å²) in [5, 5.41) is 12.2. The molecule has 2 N–H and O–H groups in total. The number of rotatable bonds is 7. The number of nitrogens with zero attached hydrogens (tertiary/aromatic N) is 1. The molecule has 0 saturated heterocycles. The number of nitrogens with one attached hydrogen (secondary N) is 1. The Balaban J connectivity index is 1.77. The van der Waals surface area contributed by atoms with Gasteiger partial charge in [-0.3, -0.25) is 4.79 Å². The molecule has 6 nitrogen and oxygen atoms in total. The number of halogens is 1. The molecule has 0 bridgehead atoms. The first-order valence-corrected chi connectivity index (χ1v) is 8.73. The van der Waals surface area contributed by atoms with Crippen LogP contribution in [-0.4, -0.2) is 35.1 Å². The highest BCUT2D eigenvalue weighted by Crippen LogP contribution is 2.44. The van der Waals surface area contributed by atoms with E-state index in [1.807, 2.05) is 0 Å². The van der Waals surface area contributed by atoms with E-state index in [2.05, 4.69) is 10.3 Å². The summed E-state index contributed by atoms with van der Waals surface area (Å²) < 4.78 is 18.1. The van der Waals surface area contributed by atoms with Crippen molar-refractivity contribution in [3.8, 4) is 5.88 Å². The lowest BCUT2D eigenvalue weighted by Crippen LogP contribution is -2.54. The fraction of sp³-hybridized carbons (Fsp3) is 0.350. The molecule has 7 heteroatoms. The van der Waals surface area contributed by atoms with Gasteiger partial charge in [-0.25, -0.2) is 14.2 Å². The Morgan fingerprint density at radius 2 is 1.96 bits per heavy atom. The molecule has 0 radical (unpaired) electrons. The fourth-order valence-corrected chi connectivity index (χ4v) is 3.31. The molecular weight excluding hydrogens is 351 g/mol. The van der Waals surface area contributed by atoms with Crippen LogP contribution in [0.25, 0.3) is 0 Å². The Morgan fingerprint density at radius 3 is 2.44 bits per heavy atom. The predicted molar refractivity (Wildman–Crippen MR) is 96.0 cm³/mol. The summed E-state index contributed by atoms with van der Waals surface area (Å²) in [5.74, 6) is -1.39. The topological polar surface area (TPSA) is 88.5 Å². The third-order valence-corrected chi connectivity index (χ3v) is 5.10. The van der Waals surface area contributed by atoms with Gasteiger partial charge in [0.15, 0.2) is 0 Å². The minimum Gasteiger partial charge on any atom is -0.481 e. The highest BCUT2D eigenvalue weighted by molar-refractivity contribution is 5.92. The molecule has 1 aromatic carbocycles. The number of aliphatic carboxylic acids is 1. The number of ether oxygens (including phenoxy) is 1. The normalized spacial score (nSPS) is 16.1. The number of carboxylic acids is 1. The molecule has 1 atom stereocenters. The van der Waals surface area contributed by atoms with Gasteiger partial charge in [0.1, 0.15) is 11.9 Å². The van der Waals surface area contributed by atoms with E-state index in [0.29, 0.717) is 24.3 Å². The van der Waals surface area contributed by atoms with Gasteiger partial charge in [0.25, 0.3) is 0 Å². The van der Waals surface area contributed by atoms with Crippen molar-refractivity contribution in [2.24, 2.45) is 0 Å². The molecule has 3 rings (SSSR count). The van der Waals surface area contributed by atoms with E-state index in [9.17, 15) is 19.1 Å². The Kier molecular flexibility index (Phi) is 5.39. The molecule has 27 heavy (non-hydrogen) atoms. The van der Waals surface area contributed by atoms with Crippen LogP contribution in [0, 0.1) is 5.82 Å². The quantitative estimate of drug-likeness (QED) is 0.779. The maximum atomic E-state index is 13.0. The highest BCUT2D eigenvalue weighted by Gasteiger charge is 2.46. The Bertz CT molecular complexity index is 817. The van der Waals surface area contributed by atoms with Crippen LogP contribution in [-0.2, 0) is 21.4 Å². The van der Waals surface area contributed by atoms with Crippen LogP contribution >= 0.6 is 0 Å². The number of methoxy groups -OCH3 is 1. The zero-order valence-corrected chi connectivity index (χ0v) is 14.9. The predicted octanol–water partition coefficient (Wildman–Crippen LogP) is 2.46. The lowest BCUT2D eigenvalue weighted by atomic mass is 9.64. The first-order chi connectivity index (χ1) is 12.9. The van der Waals surface area contributed by atoms with Gasteiger partial charge < -0.3 is 15.2 Å². The number of benzene rings is 1. The first-order valence-electron chi connectivity index (χ1n) is 8.73. The zero-order valence-electron chi connectivity index (χ0n) is 14.9. The Morgan fingerprint density at radius 1 is 1.26 bits per heavy atom. The summed E-state index contributed by atoms with van der Waals surface area (Å²) in [6.45, 7) is 0. The Hall–Kier alpha value is -2.96. The van der Waals surface area contributed by atoms with Crippen LogP contribution in [0.15, 0.2) is 42.6 Å². The van der Waals surface area contributed by atoms with Crippen molar-refractivity contribution in [2.75, 3.05) is 7.11 Å². The van der Waals surface area contributed by atoms with Crippen molar-refractivity contribution in [1.82, 2.24) is 10.3 Å². The van der Waals surface area contributed by atoms with E-state index >= 15 is 0 Å². The number of carbonyl (C=O) groups is 2. The number of carbonyl (C=O) groups excluding carboxylic acids is 1. The first kappa shape index (κ1) is 18.8. The number of hydrogen-bond acceptors (Lipinski definition) is 4. The van der Waals surface area contributed by atoms with Gasteiger partial charge in [-0.15, -0.1) is 0 Å². The molecule has 1 heterocycles. The number of hydrogen-bond donors (Lipinski definition) is 2. The van der Waals surface area contributed by atoms with Crippen LogP contribution in [0.1, 0.15) is 30.4 Å². The summed E-state index contributed by atoms with van der Waals surface area (Å²) in [5.41, 5.74) is 0.617. The number of pyridine rings is 1. The minimum absolute atomic E-state index is 0.0816. The maximum absolute atomic E-state index is 13.0. The Labute approximate surface area is 156 Å². The monoisotopic (exact) mass is 372 g/mol. The van der Waals surface area contributed by atoms with E-state index in [1.165, 1.54) is 31.4 Å². The standard InChI is InChI=1S/C20H21FN2O4/c1-27-17-8-5-14(12-22-17)20(9-2-10-20)19(26)23-16(18(24)25)11-13-3-6-15(21)7-4-13/h3-8,12,16H,2,9-11H2,1H3,(H,23,26)(H,24,25). The number of amides is 1. The molecule has 1 fully saturated rings. The largest absolute Gasteiger partial charge is 0.481 e. The number of aromatic nitrogens is 1. The van der Waals surface area contributed by atoms with Gasteiger partial charge in [-0.2, -0.15) is 0 Å². The minimum atomic E-state index is -1.13. The molecule has 1 aromatic heterocycles. The van der Waals surface area contributed by atoms with Crippen LogP contribution in [0.2, 0.25) is 0 Å². The molecule has 1 unspecified atom stereocenters. The lowest BCUT2D eigenvalue weighted by molar-refractivity contribution is -0.143. The third-order valence-electron chi connectivity index (χ3n) is 5.10. The second-order valence-electron chi connectivity index (χ2n) is 6.72. The lowest BCUT2D eigenvalue weighted by Gasteiger charge is -2.41. The van der Waals surface area contributed by atoms with E-state index in [4.69, 9.17) is 4.74 Å². The van der Waals surface area contributed by atoms with Gasteiger partial charge in [0, 0.05) is 18.7 Å². The van der Waals surface area contributed by atoms with Gasteiger partial charge in [-0.1, -0.05) is 24.6 Å².